The lowest BCUT2D eigenvalue weighted by molar-refractivity contribution is -0.148. The first-order chi connectivity index (χ1) is 10.3. The van der Waals surface area contributed by atoms with E-state index in [0.717, 1.165) is 65.4 Å². The van der Waals surface area contributed by atoms with Gasteiger partial charge in [-0.05, 0) is 25.9 Å². The Balaban J connectivity index is 1.33. The first-order valence-corrected chi connectivity index (χ1v) is 8.24. The SMILES string of the molecule is O=C(OCCN1CCOCC1)C1CCN(C2CCNC2)C1. The number of esters is 1. The van der Waals surface area contributed by atoms with Gasteiger partial charge < -0.3 is 14.8 Å². The summed E-state index contributed by atoms with van der Waals surface area (Å²) in [6, 6.07) is 0.621. The van der Waals surface area contributed by atoms with E-state index in [9.17, 15) is 4.79 Å². The zero-order valence-corrected chi connectivity index (χ0v) is 12.8. The molecule has 120 valence electrons. The highest BCUT2D eigenvalue weighted by molar-refractivity contribution is 5.73. The van der Waals surface area contributed by atoms with Crippen molar-refractivity contribution in [3.05, 3.63) is 0 Å². The number of carbonyl (C=O) groups is 1. The fraction of sp³-hybridized carbons (Fsp3) is 0.933. The molecule has 0 spiro atoms. The molecule has 3 fully saturated rings. The Morgan fingerprint density at radius 2 is 2.10 bits per heavy atom. The summed E-state index contributed by atoms with van der Waals surface area (Å²) in [4.78, 5) is 16.9. The monoisotopic (exact) mass is 297 g/mol. The van der Waals surface area contributed by atoms with E-state index in [-0.39, 0.29) is 11.9 Å². The Kier molecular flexibility index (Phi) is 5.46. The van der Waals surface area contributed by atoms with E-state index < -0.39 is 0 Å². The molecule has 0 amide bonds. The Labute approximate surface area is 126 Å². The Hall–Kier alpha value is -0.690. The van der Waals surface area contributed by atoms with Crippen molar-refractivity contribution in [1.29, 1.82) is 0 Å². The Bertz CT molecular complexity index is 341. The van der Waals surface area contributed by atoms with E-state index in [4.69, 9.17) is 9.47 Å². The van der Waals surface area contributed by atoms with Crippen LogP contribution in [0.1, 0.15) is 12.8 Å². The minimum atomic E-state index is -0.00304. The van der Waals surface area contributed by atoms with E-state index in [1.807, 2.05) is 0 Å². The van der Waals surface area contributed by atoms with Gasteiger partial charge in [0.05, 0.1) is 19.1 Å². The Morgan fingerprint density at radius 3 is 2.86 bits per heavy atom. The van der Waals surface area contributed by atoms with Gasteiger partial charge in [-0.3, -0.25) is 14.6 Å². The highest BCUT2D eigenvalue weighted by Gasteiger charge is 2.34. The molecule has 3 heterocycles. The third-order valence-corrected chi connectivity index (χ3v) is 4.86. The molecule has 0 bridgehead atoms. The van der Waals surface area contributed by atoms with E-state index in [0.29, 0.717) is 12.6 Å². The smallest absolute Gasteiger partial charge is 0.310 e. The minimum Gasteiger partial charge on any atom is -0.464 e. The standard InChI is InChI=1S/C15H27N3O3/c19-15(21-10-7-17-5-8-20-9-6-17)13-2-4-18(12-13)14-1-3-16-11-14/h13-14,16H,1-12H2. The lowest BCUT2D eigenvalue weighted by Gasteiger charge is -2.26. The molecule has 3 rings (SSSR count). The molecule has 0 radical (unpaired) electrons. The molecule has 3 saturated heterocycles. The van der Waals surface area contributed by atoms with E-state index in [1.54, 1.807) is 0 Å². The number of nitrogens with zero attached hydrogens (tertiary/aromatic N) is 2. The van der Waals surface area contributed by atoms with Crippen LogP contribution in [0.15, 0.2) is 0 Å². The van der Waals surface area contributed by atoms with Crippen molar-refractivity contribution in [1.82, 2.24) is 15.1 Å². The molecule has 2 atom stereocenters. The van der Waals surface area contributed by atoms with Crippen LogP contribution in [0.2, 0.25) is 0 Å². The number of rotatable bonds is 5. The lowest BCUT2D eigenvalue weighted by Crippen LogP contribution is -2.39. The number of hydrogen-bond acceptors (Lipinski definition) is 6. The maximum absolute atomic E-state index is 12.1. The molecule has 3 aliphatic rings. The zero-order valence-electron chi connectivity index (χ0n) is 12.8. The fourth-order valence-corrected chi connectivity index (χ4v) is 3.48. The average Bonchev–Trinajstić information content (AvgIpc) is 3.19. The topological polar surface area (TPSA) is 54.0 Å². The van der Waals surface area contributed by atoms with Gasteiger partial charge in [0.2, 0.25) is 0 Å². The molecule has 0 aromatic rings. The average molecular weight is 297 g/mol. The van der Waals surface area contributed by atoms with Crippen LogP contribution >= 0.6 is 0 Å². The van der Waals surface area contributed by atoms with Crippen LogP contribution in [0.5, 0.6) is 0 Å². The van der Waals surface area contributed by atoms with Gasteiger partial charge in [-0.25, -0.2) is 0 Å². The molecule has 0 aromatic carbocycles. The molecular formula is C15H27N3O3. The molecule has 2 unspecified atom stereocenters. The third kappa shape index (κ3) is 4.16. The number of likely N-dealkylation sites (tertiary alicyclic amines) is 1. The van der Waals surface area contributed by atoms with Crippen molar-refractivity contribution < 1.29 is 14.3 Å². The molecule has 6 nitrogen and oxygen atoms in total. The van der Waals surface area contributed by atoms with Crippen molar-refractivity contribution in [3.63, 3.8) is 0 Å². The second kappa shape index (κ2) is 7.54. The maximum atomic E-state index is 12.1. The van der Waals surface area contributed by atoms with E-state index >= 15 is 0 Å². The van der Waals surface area contributed by atoms with E-state index in [2.05, 4.69) is 15.1 Å². The molecule has 21 heavy (non-hydrogen) atoms. The van der Waals surface area contributed by atoms with Crippen LogP contribution in [0, 0.1) is 5.92 Å². The van der Waals surface area contributed by atoms with Crippen LogP contribution in [-0.2, 0) is 14.3 Å². The summed E-state index contributed by atoms with van der Waals surface area (Å²) >= 11 is 0. The summed E-state index contributed by atoms with van der Waals surface area (Å²) in [6.45, 7) is 8.92. The van der Waals surface area contributed by atoms with Crippen LogP contribution in [-0.4, -0.2) is 87.4 Å². The van der Waals surface area contributed by atoms with Gasteiger partial charge in [-0.1, -0.05) is 0 Å². The first-order valence-electron chi connectivity index (χ1n) is 8.24. The van der Waals surface area contributed by atoms with Gasteiger partial charge >= 0.3 is 5.97 Å². The van der Waals surface area contributed by atoms with Crippen LogP contribution in [0.25, 0.3) is 0 Å². The lowest BCUT2D eigenvalue weighted by atomic mass is 10.1. The van der Waals surface area contributed by atoms with Gasteiger partial charge in [-0.15, -0.1) is 0 Å². The van der Waals surface area contributed by atoms with Crippen LogP contribution < -0.4 is 5.32 Å². The van der Waals surface area contributed by atoms with Crippen molar-refractivity contribution >= 4 is 5.97 Å². The number of hydrogen-bond donors (Lipinski definition) is 1. The molecule has 1 N–H and O–H groups in total. The van der Waals surface area contributed by atoms with Crippen molar-refractivity contribution in [2.45, 2.75) is 18.9 Å². The molecule has 0 saturated carbocycles. The normalized spacial score (nSPS) is 31.6. The van der Waals surface area contributed by atoms with E-state index in [1.165, 1.54) is 6.42 Å². The summed E-state index contributed by atoms with van der Waals surface area (Å²) < 4.78 is 10.8. The zero-order chi connectivity index (χ0) is 14.5. The largest absolute Gasteiger partial charge is 0.464 e. The number of morpholine rings is 1. The molecule has 6 heteroatoms. The number of ether oxygens (including phenoxy) is 2. The first kappa shape index (κ1) is 15.2. The number of nitrogens with one attached hydrogen (secondary N) is 1. The Morgan fingerprint density at radius 1 is 1.24 bits per heavy atom. The van der Waals surface area contributed by atoms with Gasteiger partial charge in [0.15, 0.2) is 0 Å². The summed E-state index contributed by atoms with van der Waals surface area (Å²) in [5, 5.41) is 3.39. The van der Waals surface area contributed by atoms with Gasteiger partial charge in [-0.2, -0.15) is 0 Å². The quantitative estimate of drug-likeness (QED) is 0.694. The molecular weight excluding hydrogens is 270 g/mol. The van der Waals surface area contributed by atoms with Gasteiger partial charge in [0.25, 0.3) is 0 Å². The third-order valence-electron chi connectivity index (χ3n) is 4.86. The summed E-state index contributed by atoms with van der Waals surface area (Å²) in [7, 11) is 0. The van der Waals surface area contributed by atoms with Gasteiger partial charge in [0, 0.05) is 38.8 Å². The van der Waals surface area contributed by atoms with Crippen LogP contribution in [0.4, 0.5) is 0 Å². The fourth-order valence-electron chi connectivity index (χ4n) is 3.48. The van der Waals surface area contributed by atoms with Crippen molar-refractivity contribution in [2.75, 3.05) is 65.6 Å². The summed E-state index contributed by atoms with van der Waals surface area (Å²) in [6.07, 6.45) is 2.16. The summed E-state index contributed by atoms with van der Waals surface area (Å²) in [5.41, 5.74) is 0. The molecule has 0 aliphatic carbocycles. The van der Waals surface area contributed by atoms with Crippen molar-refractivity contribution in [2.24, 2.45) is 5.92 Å². The maximum Gasteiger partial charge on any atom is 0.310 e. The molecule has 0 aromatic heterocycles. The van der Waals surface area contributed by atoms with Gasteiger partial charge in [0.1, 0.15) is 6.61 Å². The second-order valence-electron chi connectivity index (χ2n) is 6.25. The van der Waals surface area contributed by atoms with Crippen LogP contribution in [0.3, 0.4) is 0 Å². The predicted octanol–water partition coefficient (Wildman–Crippen LogP) is -0.454. The summed E-state index contributed by atoms with van der Waals surface area (Å²) in [5.74, 6) is 0.0759. The highest BCUT2D eigenvalue weighted by atomic mass is 16.5. The second-order valence-corrected chi connectivity index (χ2v) is 6.25. The predicted molar refractivity (Wildman–Crippen MR) is 79.2 cm³/mol. The minimum absolute atomic E-state index is 0.00304. The van der Waals surface area contributed by atoms with Crippen molar-refractivity contribution in [3.8, 4) is 0 Å². The highest BCUT2D eigenvalue weighted by Crippen LogP contribution is 2.22. The molecule has 3 aliphatic heterocycles. The number of carbonyl (C=O) groups excluding carboxylic acids is 1.